The molecule has 0 spiro atoms. The van der Waals surface area contributed by atoms with E-state index in [1.807, 2.05) is 0 Å². The first kappa shape index (κ1) is 12.0. The zero-order valence-corrected chi connectivity index (χ0v) is 9.82. The molecule has 0 aliphatic carbocycles. The molecule has 82 valence electrons. The number of carbonyl (C=O) groups excluding carboxylic acids is 1. The number of benzene rings is 1. The second kappa shape index (κ2) is 4.20. The highest BCUT2D eigenvalue weighted by Gasteiger charge is 2.16. The normalized spacial score (nSPS) is 11.1. The predicted octanol–water partition coefficient (Wildman–Crippen LogP) is 1.70. The highest BCUT2D eigenvalue weighted by Crippen LogP contribution is 2.29. The first-order valence-electron chi connectivity index (χ1n) is 4.08. The number of hydrogen-bond acceptors (Lipinski definition) is 3. The van der Waals surface area contributed by atoms with Crippen molar-refractivity contribution in [3.8, 4) is 0 Å². The summed E-state index contributed by atoms with van der Waals surface area (Å²) < 4.78 is 22.8. The van der Waals surface area contributed by atoms with Crippen molar-refractivity contribution in [3.05, 3.63) is 23.2 Å². The molecule has 0 fully saturated rings. The topological polar surface area (TPSA) is 63.2 Å². The van der Waals surface area contributed by atoms with Crippen molar-refractivity contribution in [2.45, 2.75) is 11.8 Å². The molecule has 0 aliphatic heterocycles. The van der Waals surface area contributed by atoms with Gasteiger partial charge in [-0.15, -0.1) is 0 Å². The summed E-state index contributed by atoms with van der Waals surface area (Å²) in [6.07, 6.45) is 1.06. The van der Waals surface area contributed by atoms with E-state index in [9.17, 15) is 13.2 Å². The lowest BCUT2D eigenvalue weighted by Crippen LogP contribution is -2.11. The van der Waals surface area contributed by atoms with Crippen molar-refractivity contribution in [2.75, 3.05) is 11.6 Å². The molecule has 15 heavy (non-hydrogen) atoms. The van der Waals surface area contributed by atoms with Crippen molar-refractivity contribution in [1.82, 2.24) is 0 Å². The van der Waals surface area contributed by atoms with Gasteiger partial charge in [-0.25, -0.2) is 8.42 Å². The molecule has 1 amide bonds. The number of sulfone groups is 1. The zero-order chi connectivity index (χ0) is 11.6. The average molecular weight is 248 g/mol. The maximum Gasteiger partial charge on any atom is 0.221 e. The van der Waals surface area contributed by atoms with E-state index in [-0.39, 0.29) is 21.5 Å². The summed E-state index contributed by atoms with van der Waals surface area (Å²) in [7, 11) is -3.40. The molecule has 0 radical (unpaired) electrons. The van der Waals surface area contributed by atoms with E-state index in [1.54, 1.807) is 0 Å². The molecular weight excluding hydrogens is 238 g/mol. The molecule has 1 aromatic carbocycles. The molecule has 0 bridgehead atoms. The van der Waals surface area contributed by atoms with Gasteiger partial charge in [0.15, 0.2) is 9.84 Å². The van der Waals surface area contributed by atoms with Gasteiger partial charge >= 0.3 is 0 Å². The van der Waals surface area contributed by atoms with Crippen LogP contribution >= 0.6 is 11.6 Å². The first-order valence-corrected chi connectivity index (χ1v) is 6.35. The Hall–Kier alpha value is -1.07. The van der Waals surface area contributed by atoms with Crippen molar-refractivity contribution in [2.24, 2.45) is 0 Å². The highest BCUT2D eigenvalue weighted by atomic mass is 35.5. The fraction of sp³-hybridized carbons (Fsp3) is 0.222. The van der Waals surface area contributed by atoms with Crippen LogP contribution in [0.15, 0.2) is 23.1 Å². The second-order valence-corrected chi connectivity index (χ2v) is 5.46. The molecule has 1 N–H and O–H groups in total. The third-order valence-corrected chi connectivity index (χ3v) is 3.13. The van der Waals surface area contributed by atoms with Crippen LogP contribution in [0.1, 0.15) is 6.92 Å². The number of anilines is 1. The molecule has 4 nitrogen and oxygen atoms in total. The molecular formula is C9H10ClNO3S. The van der Waals surface area contributed by atoms with Crippen molar-refractivity contribution in [1.29, 1.82) is 0 Å². The van der Waals surface area contributed by atoms with Gasteiger partial charge in [0.05, 0.1) is 15.6 Å². The number of nitrogens with one attached hydrogen (secondary N) is 1. The van der Waals surface area contributed by atoms with Gasteiger partial charge in [0.1, 0.15) is 0 Å². The number of amides is 1. The fourth-order valence-corrected chi connectivity index (χ4v) is 2.25. The van der Waals surface area contributed by atoms with E-state index < -0.39 is 9.84 Å². The molecule has 0 aromatic heterocycles. The minimum atomic E-state index is -3.40. The van der Waals surface area contributed by atoms with Crippen LogP contribution in [-0.4, -0.2) is 20.6 Å². The molecule has 0 atom stereocenters. The molecule has 1 rings (SSSR count). The van der Waals surface area contributed by atoms with Gasteiger partial charge in [0.25, 0.3) is 0 Å². The summed E-state index contributed by atoms with van der Waals surface area (Å²) in [5.41, 5.74) is 0.133. The SMILES string of the molecule is CC(=O)Nc1c(Cl)cccc1S(C)(=O)=O. The monoisotopic (exact) mass is 247 g/mol. The summed E-state index contributed by atoms with van der Waals surface area (Å²) >= 11 is 5.80. The average Bonchev–Trinajstić information content (AvgIpc) is 2.05. The Bertz CT molecular complexity index is 496. The number of rotatable bonds is 2. The Morgan fingerprint density at radius 2 is 2.00 bits per heavy atom. The molecule has 1 aromatic rings. The zero-order valence-electron chi connectivity index (χ0n) is 8.24. The van der Waals surface area contributed by atoms with Crippen LogP contribution in [-0.2, 0) is 14.6 Å². The molecule has 0 saturated heterocycles. The van der Waals surface area contributed by atoms with Crippen LogP contribution in [0, 0.1) is 0 Å². The minimum Gasteiger partial charge on any atom is -0.324 e. The largest absolute Gasteiger partial charge is 0.324 e. The van der Waals surface area contributed by atoms with E-state index in [1.165, 1.54) is 25.1 Å². The van der Waals surface area contributed by atoms with Crippen molar-refractivity contribution >= 4 is 33.0 Å². The highest BCUT2D eigenvalue weighted by molar-refractivity contribution is 7.90. The lowest BCUT2D eigenvalue weighted by molar-refractivity contribution is -0.114. The number of hydrogen-bond donors (Lipinski definition) is 1. The Labute approximate surface area is 93.2 Å². The van der Waals surface area contributed by atoms with Crippen LogP contribution in [0.2, 0.25) is 5.02 Å². The Balaban J connectivity index is 3.40. The lowest BCUT2D eigenvalue weighted by atomic mass is 10.3. The van der Waals surface area contributed by atoms with Crippen molar-refractivity contribution < 1.29 is 13.2 Å². The smallest absolute Gasteiger partial charge is 0.221 e. The van der Waals surface area contributed by atoms with Gasteiger partial charge in [0, 0.05) is 13.2 Å². The van der Waals surface area contributed by atoms with Crippen molar-refractivity contribution in [3.63, 3.8) is 0 Å². The van der Waals surface area contributed by atoms with Gasteiger partial charge in [0.2, 0.25) is 5.91 Å². The van der Waals surface area contributed by atoms with Gasteiger partial charge in [-0.1, -0.05) is 17.7 Å². The van der Waals surface area contributed by atoms with E-state index >= 15 is 0 Å². The third-order valence-electron chi connectivity index (χ3n) is 1.68. The summed E-state index contributed by atoms with van der Waals surface area (Å²) in [6.45, 7) is 1.29. The minimum absolute atomic E-state index is 0.0187. The Morgan fingerprint density at radius 3 is 2.47 bits per heavy atom. The standard InChI is InChI=1S/C9H10ClNO3S/c1-6(12)11-9-7(10)4-3-5-8(9)15(2,13)14/h3-5H,1-2H3,(H,11,12). The molecule has 6 heteroatoms. The number of halogens is 1. The Kier molecular flexibility index (Phi) is 3.36. The van der Waals surface area contributed by atoms with Gasteiger partial charge in [-0.3, -0.25) is 4.79 Å². The van der Waals surface area contributed by atoms with E-state index in [0.717, 1.165) is 6.26 Å². The van der Waals surface area contributed by atoms with Crippen LogP contribution in [0.5, 0.6) is 0 Å². The molecule has 0 unspecified atom stereocenters. The van der Waals surface area contributed by atoms with Crippen LogP contribution in [0.3, 0.4) is 0 Å². The van der Waals surface area contributed by atoms with Gasteiger partial charge < -0.3 is 5.32 Å². The summed E-state index contributed by atoms with van der Waals surface area (Å²) in [4.78, 5) is 10.9. The van der Waals surface area contributed by atoms with E-state index in [0.29, 0.717) is 0 Å². The summed E-state index contributed by atoms with van der Waals surface area (Å²) in [5.74, 6) is -0.368. The van der Waals surface area contributed by atoms with Crippen LogP contribution in [0.4, 0.5) is 5.69 Å². The fourth-order valence-electron chi connectivity index (χ4n) is 1.11. The molecule has 0 saturated carbocycles. The quantitative estimate of drug-likeness (QED) is 0.865. The number of carbonyl (C=O) groups is 1. The molecule has 0 aliphatic rings. The van der Waals surface area contributed by atoms with E-state index in [2.05, 4.69) is 5.32 Å². The Morgan fingerprint density at radius 1 is 1.40 bits per heavy atom. The maximum absolute atomic E-state index is 11.4. The second-order valence-electron chi connectivity index (χ2n) is 3.07. The first-order chi connectivity index (χ1) is 6.82. The third kappa shape index (κ3) is 2.94. The summed E-state index contributed by atoms with van der Waals surface area (Å²) in [6, 6.07) is 4.43. The van der Waals surface area contributed by atoms with Gasteiger partial charge in [-0.2, -0.15) is 0 Å². The maximum atomic E-state index is 11.4. The van der Waals surface area contributed by atoms with Crippen LogP contribution < -0.4 is 5.32 Å². The lowest BCUT2D eigenvalue weighted by Gasteiger charge is -2.09. The number of para-hydroxylation sites is 1. The predicted molar refractivity (Wildman–Crippen MR) is 58.9 cm³/mol. The van der Waals surface area contributed by atoms with Gasteiger partial charge in [-0.05, 0) is 12.1 Å². The van der Waals surface area contributed by atoms with E-state index in [4.69, 9.17) is 11.6 Å². The molecule has 0 heterocycles. The van der Waals surface area contributed by atoms with Crippen LogP contribution in [0.25, 0.3) is 0 Å². The summed E-state index contributed by atoms with van der Waals surface area (Å²) in [5, 5.41) is 2.60.